The lowest BCUT2D eigenvalue weighted by atomic mass is 10.1. The van der Waals surface area contributed by atoms with E-state index in [4.69, 9.17) is 10.5 Å². The third-order valence-corrected chi connectivity index (χ3v) is 7.59. The van der Waals surface area contributed by atoms with Gasteiger partial charge in [0.1, 0.15) is 17.1 Å². The predicted octanol–water partition coefficient (Wildman–Crippen LogP) is 1.69. The second-order valence-electron chi connectivity index (χ2n) is 6.71. The van der Waals surface area contributed by atoms with Gasteiger partial charge in [0.2, 0.25) is 5.88 Å². The van der Waals surface area contributed by atoms with Gasteiger partial charge in [-0.15, -0.1) is 34.4 Å². The van der Waals surface area contributed by atoms with Crippen LogP contribution in [0.4, 0.5) is 9.93 Å². The fourth-order valence-corrected chi connectivity index (χ4v) is 5.70. The van der Waals surface area contributed by atoms with Gasteiger partial charge in [0.25, 0.3) is 11.8 Å². The molecule has 33 heavy (non-hydrogen) atoms. The first-order valence-corrected chi connectivity index (χ1v) is 12.0. The number of nitrogens with two attached hydrogens (primary N) is 1. The quantitative estimate of drug-likeness (QED) is 0.147. The first-order valence-electron chi connectivity index (χ1n) is 9.21. The lowest BCUT2D eigenvalue weighted by molar-refractivity contribution is -0.148. The van der Waals surface area contributed by atoms with Crippen molar-refractivity contribution in [1.29, 1.82) is 0 Å². The first kappa shape index (κ1) is 22.8. The molecular weight excluding hydrogens is 492 g/mol. The van der Waals surface area contributed by atoms with Crippen molar-refractivity contribution >= 4 is 69.3 Å². The Balaban J connectivity index is 1.54. The fourth-order valence-electron chi connectivity index (χ4n) is 3.16. The van der Waals surface area contributed by atoms with Crippen LogP contribution >= 0.6 is 34.4 Å². The van der Waals surface area contributed by atoms with Gasteiger partial charge in [-0.2, -0.15) is 0 Å². The van der Waals surface area contributed by atoms with E-state index in [-0.39, 0.29) is 16.7 Å². The molecule has 2 atom stereocenters. The first-order chi connectivity index (χ1) is 15.8. The van der Waals surface area contributed by atoms with E-state index in [2.05, 4.69) is 20.4 Å². The highest BCUT2D eigenvalue weighted by atomic mass is 32.2. The maximum atomic E-state index is 12.8. The molecule has 0 saturated carbocycles. The molecule has 2 aliphatic rings. The number of aromatic nitrogens is 2. The van der Waals surface area contributed by atoms with Gasteiger partial charge in [0.05, 0.1) is 11.2 Å². The summed E-state index contributed by atoms with van der Waals surface area (Å²) in [7, 11) is 0. The van der Waals surface area contributed by atoms with Gasteiger partial charge in [0, 0.05) is 21.6 Å². The van der Waals surface area contributed by atoms with Crippen LogP contribution < -0.4 is 11.1 Å². The van der Waals surface area contributed by atoms with Crippen LogP contribution in [0, 0.1) is 6.92 Å². The topological polar surface area (TPSA) is 180 Å². The Morgan fingerprint density at radius 1 is 1.39 bits per heavy atom. The van der Waals surface area contributed by atoms with Crippen LogP contribution in [0.25, 0.3) is 6.08 Å². The average molecular weight is 509 g/mol. The van der Waals surface area contributed by atoms with Crippen LogP contribution in [0.5, 0.6) is 0 Å². The number of carboxylic acid groups (broad SMARTS) is 1. The minimum atomic E-state index is -1.56. The molecule has 4 heterocycles. The predicted molar refractivity (Wildman–Crippen MR) is 122 cm³/mol. The van der Waals surface area contributed by atoms with Crippen molar-refractivity contribution in [3.8, 4) is 0 Å². The lowest BCUT2D eigenvalue weighted by Crippen LogP contribution is -2.70. The maximum Gasteiger partial charge on any atom is 0.512 e. The second-order valence-corrected chi connectivity index (χ2v) is 9.60. The summed E-state index contributed by atoms with van der Waals surface area (Å²) >= 11 is 3.81. The third-order valence-electron chi connectivity index (χ3n) is 4.71. The Bertz CT molecular complexity index is 1220. The number of thioether (sulfide) groups is 1. The number of nitrogen functional groups attached to an aromatic ring is 1. The molecule has 15 heteroatoms. The molecule has 0 radical (unpaired) electrons. The lowest BCUT2D eigenvalue weighted by Gasteiger charge is -2.48. The largest absolute Gasteiger partial charge is 0.512 e. The van der Waals surface area contributed by atoms with Gasteiger partial charge in [0.15, 0.2) is 10.8 Å². The SMILES string of the molecule is Cc1ncsc1C=CC1=C(OC(=O)O)N2C(=O)C(NC(=O)C(=NO)c3csc(N)n3)[C@@H]2SC1. The monoisotopic (exact) mass is 508 g/mol. The highest BCUT2D eigenvalue weighted by Crippen LogP contribution is 2.41. The second kappa shape index (κ2) is 9.21. The summed E-state index contributed by atoms with van der Waals surface area (Å²) in [5, 5.41) is 24.9. The van der Waals surface area contributed by atoms with E-state index in [1.165, 1.54) is 33.4 Å². The molecule has 0 spiro atoms. The van der Waals surface area contributed by atoms with Crippen LogP contribution in [0.3, 0.4) is 0 Å². The summed E-state index contributed by atoms with van der Waals surface area (Å²) < 4.78 is 4.93. The number of β-lactam (4-membered cyclic amide) rings is 1. The number of carbonyl (C=O) groups is 3. The average Bonchev–Trinajstić information content (AvgIpc) is 3.38. The highest BCUT2D eigenvalue weighted by molar-refractivity contribution is 8.00. The molecule has 0 aromatic carbocycles. The van der Waals surface area contributed by atoms with Crippen molar-refractivity contribution < 1.29 is 29.4 Å². The maximum absolute atomic E-state index is 12.8. The Hall–Kier alpha value is -3.43. The zero-order chi connectivity index (χ0) is 23.7. The van der Waals surface area contributed by atoms with Crippen molar-refractivity contribution in [2.24, 2.45) is 5.16 Å². The summed E-state index contributed by atoms with van der Waals surface area (Å²) in [6, 6.07) is -0.975. The number of allylic oxidation sites excluding steroid dienone is 1. The van der Waals surface area contributed by atoms with E-state index in [1.807, 2.05) is 6.92 Å². The van der Waals surface area contributed by atoms with E-state index in [9.17, 15) is 24.7 Å². The molecule has 4 rings (SSSR count). The van der Waals surface area contributed by atoms with Crippen LogP contribution in [-0.2, 0) is 14.3 Å². The molecule has 1 fully saturated rings. The molecule has 172 valence electrons. The molecule has 1 unspecified atom stereocenters. The van der Waals surface area contributed by atoms with E-state index in [0.29, 0.717) is 11.3 Å². The fraction of sp³-hybridized carbons (Fsp3) is 0.222. The Morgan fingerprint density at radius 3 is 2.79 bits per heavy atom. The van der Waals surface area contributed by atoms with Gasteiger partial charge >= 0.3 is 6.16 Å². The number of carbonyl (C=O) groups excluding carboxylic acids is 2. The summed E-state index contributed by atoms with van der Waals surface area (Å²) in [6.45, 7) is 1.85. The van der Waals surface area contributed by atoms with Crippen LogP contribution in [0.1, 0.15) is 16.3 Å². The summed E-state index contributed by atoms with van der Waals surface area (Å²) in [4.78, 5) is 46.8. The molecule has 2 aliphatic heterocycles. The number of nitrogens with zero attached hydrogens (tertiary/aromatic N) is 4. The van der Waals surface area contributed by atoms with Crippen molar-refractivity contribution in [1.82, 2.24) is 20.2 Å². The number of amides is 2. The smallest absolute Gasteiger partial charge is 0.449 e. The van der Waals surface area contributed by atoms with Crippen molar-refractivity contribution in [2.75, 3.05) is 11.5 Å². The van der Waals surface area contributed by atoms with E-state index in [0.717, 1.165) is 21.9 Å². The number of rotatable bonds is 6. The van der Waals surface area contributed by atoms with Crippen LogP contribution in [0.15, 0.2) is 33.6 Å². The molecule has 2 amide bonds. The molecule has 5 N–H and O–H groups in total. The number of aryl methyl sites for hydroxylation is 1. The number of ether oxygens (including phenoxy) is 1. The summed E-state index contributed by atoms with van der Waals surface area (Å²) in [6.07, 6.45) is 1.90. The number of fused-ring (bicyclic) bond motifs is 1. The highest BCUT2D eigenvalue weighted by Gasteiger charge is 2.54. The number of oxime groups is 1. The van der Waals surface area contributed by atoms with Crippen molar-refractivity contribution in [3.63, 3.8) is 0 Å². The molecule has 1 saturated heterocycles. The van der Waals surface area contributed by atoms with Gasteiger partial charge < -0.3 is 26.1 Å². The molecule has 12 nitrogen and oxygen atoms in total. The van der Waals surface area contributed by atoms with Gasteiger partial charge in [-0.05, 0) is 13.0 Å². The summed E-state index contributed by atoms with van der Waals surface area (Å²) in [5.74, 6) is -1.16. The Morgan fingerprint density at radius 2 is 2.18 bits per heavy atom. The van der Waals surface area contributed by atoms with E-state index < -0.39 is 35.1 Å². The number of hydrogen-bond acceptors (Lipinski definition) is 12. The van der Waals surface area contributed by atoms with Crippen LogP contribution in [0.2, 0.25) is 0 Å². The minimum absolute atomic E-state index is 0.0676. The Kier molecular flexibility index (Phi) is 6.35. The van der Waals surface area contributed by atoms with E-state index >= 15 is 0 Å². The number of hydrogen-bond donors (Lipinski definition) is 4. The van der Waals surface area contributed by atoms with Gasteiger partial charge in [-0.1, -0.05) is 11.2 Å². The van der Waals surface area contributed by atoms with Crippen LogP contribution in [-0.4, -0.2) is 66.0 Å². The Labute approximate surface area is 198 Å². The normalized spacial score (nSPS) is 20.6. The van der Waals surface area contributed by atoms with Crippen molar-refractivity contribution in [2.45, 2.75) is 18.3 Å². The standard InChI is InChI=1S/C18H16N6O6S3/c1-7-10(33-6-20-7)3-2-8-4-31-16-12(14(26)24(16)15(8)30-18(27)28)22-13(25)11(23-29)9-5-32-17(19)21-9/h2-3,5-6,12,16,29H,4H2,1H3,(H2,19,21)(H,22,25)(H,27,28)/t12?,16-/m0/s1. The zero-order valence-electron chi connectivity index (χ0n) is 16.8. The molecule has 0 aliphatic carbocycles. The van der Waals surface area contributed by atoms with Gasteiger partial charge in [-0.3, -0.25) is 14.5 Å². The molecule has 2 aromatic heterocycles. The number of nitrogens with one attached hydrogen (secondary N) is 1. The van der Waals surface area contributed by atoms with E-state index in [1.54, 1.807) is 17.7 Å². The molecular formula is C18H16N6O6S3. The molecule has 0 bridgehead atoms. The zero-order valence-corrected chi connectivity index (χ0v) is 19.2. The number of anilines is 1. The van der Waals surface area contributed by atoms with Crippen molar-refractivity contribution in [3.05, 3.63) is 44.7 Å². The number of thiazole rings is 2. The minimum Gasteiger partial charge on any atom is -0.449 e. The van der Waals surface area contributed by atoms with Gasteiger partial charge in [-0.25, -0.2) is 14.8 Å². The summed E-state index contributed by atoms with van der Waals surface area (Å²) in [5.41, 5.74) is 8.24. The third kappa shape index (κ3) is 4.42. The molecule has 2 aromatic rings.